The first-order valence-corrected chi connectivity index (χ1v) is 10.7. The van der Waals surface area contributed by atoms with Gasteiger partial charge in [0.05, 0.1) is 16.8 Å². The maximum Gasteiger partial charge on any atom is 0.282 e. The molecule has 0 unspecified atom stereocenters. The molecule has 1 amide bonds. The summed E-state index contributed by atoms with van der Waals surface area (Å²) in [5.74, 6) is 0.365. The normalized spacial score (nSPS) is 11.1. The smallest absolute Gasteiger partial charge is 0.282 e. The number of aromatic nitrogens is 4. The number of hydrogen-bond acceptors (Lipinski definition) is 6. The highest BCUT2D eigenvalue weighted by atomic mass is 35.5. The Morgan fingerprint density at radius 3 is 2.86 bits per heavy atom. The Morgan fingerprint density at radius 1 is 1.21 bits per heavy atom. The van der Waals surface area contributed by atoms with Gasteiger partial charge in [0.1, 0.15) is 5.01 Å². The molecule has 28 heavy (non-hydrogen) atoms. The summed E-state index contributed by atoms with van der Waals surface area (Å²) in [5.41, 5.74) is 3.99. The van der Waals surface area contributed by atoms with Crippen molar-refractivity contribution in [2.75, 3.05) is 0 Å². The second kappa shape index (κ2) is 8.30. The van der Waals surface area contributed by atoms with Crippen molar-refractivity contribution >= 4 is 51.6 Å². The van der Waals surface area contributed by atoms with Gasteiger partial charge in [-0.15, -0.1) is 10.2 Å². The van der Waals surface area contributed by atoms with E-state index in [1.807, 2.05) is 49.4 Å². The number of thioether (sulfide) groups is 1. The Hall–Kier alpha value is -2.42. The third-order valence-electron chi connectivity index (χ3n) is 3.99. The minimum atomic E-state index is -0.215. The molecule has 0 atom stereocenters. The van der Waals surface area contributed by atoms with E-state index < -0.39 is 0 Å². The van der Waals surface area contributed by atoms with Crippen LogP contribution in [0.15, 0.2) is 47.6 Å². The number of halogens is 1. The fraction of sp³-hybridized carbons (Fsp3) is 0.158. The number of fused-ring (bicyclic) bond motifs is 1. The number of amides is 1. The lowest BCUT2D eigenvalue weighted by Gasteiger charge is -2.03. The molecular formula is C19H16ClN5OS2. The molecule has 0 radical (unpaired) electrons. The number of rotatable bonds is 6. The SMILES string of the molecule is Cc1ccc(CNC(=O)c2nnc(CSc3nc4ccc(Cl)cc4[nH]3)s2)cc1. The number of carbonyl (C=O) groups excluding carboxylic acids is 1. The van der Waals surface area contributed by atoms with Crippen LogP contribution in [-0.2, 0) is 12.3 Å². The Kier molecular flexibility index (Phi) is 5.61. The van der Waals surface area contributed by atoms with Gasteiger partial charge in [-0.05, 0) is 30.7 Å². The summed E-state index contributed by atoms with van der Waals surface area (Å²) in [6, 6.07) is 13.6. The van der Waals surface area contributed by atoms with Gasteiger partial charge < -0.3 is 10.3 Å². The van der Waals surface area contributed by atoms with E-state index >= 15 is 0 Å². The molecule has 0 aliphatic heterocycles. The van der Waals surface area contributed by atoms with Gasteiger partial charge in [0.25, 0.3) is 5.91 Å². The maximum atomic E-state index is 12.3. The highest BCUT2D eigenvalue weighted by Gasteiger charge is 2.13. The molecule has 2 aromatic heterocycles. The van der Waals surface area contributed by atoms with Gasteiger partial charge in [-0.1, -0.05) is 64.5 Å². The lowest BCUT2D eigenvalue weighted by molar-refractivity contribution is 0.0950. The largest absolute Gasteiger partial charge is 0.346 e. The molecule has 0 aliphatic rings. The predicted octanol–water partition coefficient (Wildman–Crippen LogP) is 4.60. The molecule has 2 N–H and O–H groups in total. The summed E-state index contributed by atoms with van der Waals surface area (Å²) in [7, 11) is 0. The van der Waals surface area contributed by atoms with Crippen molar-refractivity contribution in [3.8, 4) is 0 Å². The lowest BCUT2D eigenvalue weighted by atomic mass is 10.1. The summed E-state index contributed by atoms with van der Waals surface area (Å²) < 4.78 is 0. The third-order valence-corrected chi connectivity index (χ3v) is 6.21. The number of aromatic amines is 1. The highest BCUT2D eigenvalue weighted by Crippen LogP contribution is 2.25. The molecule has 0 fully saturated rings. The Labute approximate surface area is 174 Å². The number of benzene rings is 2. The first kappa shape index (κ1) is 18.9. The lowest BCUT2D eigenvalue weighted by Crippen LogP contribution is -2.22. The zero-order chi connectivity index (χ0) is 19.5. The van der Waals surface area contributed by atoms with Crippen LogP contribution >= 0.6 is 34.7 Å². The van der Waals surface area contributed by atoms with E-state index in [1.54, 1.807) is 0 Å². The molecule has 142 valence electrons. The van der Waals surface area contributed by atoms with Crippen LogP contribution in [0.4, 0.5) is 0 Å². The summed E-state index contributed by atoms with van der Waals surface area (Å²) in [4.78, 5) is 20.0. The molecule has 0 saturated heterocycles. The van der Waals surface area contributed by atoms with Crippen LogP contribution in [0.5, 0.6) is 0 Å². The van der Waals surface area contributed by atoms with Crippen molar-refractivity contribution in [3.63, 3.8) is 0 Å². The maximum absolute atomic E-state index is 12.3. The number of hydrogen-bond donors (Lipinski definition) is 2. The summed E-state index contributed by atoms with van der Waals surface area (Å²) >= 11 is 8.79. The van der Waals surface area contributed by atoms with Crippen molar-refractivity contribution in [1.29, 1.82) is 0 Å². The van der Waals surface area contributed by atoms with Crippen molar-refractivity contribution < 1.29 is 4.79 Å². The van der Waals surface area contributed by atoms with Gasteiger partial charge in [-0.25, -0.2) is 4.98 Å². The minimum Gasteiger partial charge on any atom is -0.346 e. The molecule has 4 aromatic rings. The zero-order valence-electron chi connectivity index (χ0n) is 14.9. The average molecular weight is 430 g/mol. The van der Waals surface area contributed by atoms with E-state index in [0.29, 0.717) is 22.3 Å². The van der Waals surface area contributed by atoms with Crippen molar-refractivity contribution in [1.82, 2.24) is 25.5 Å². The van der Waals surface area contributed by atoms with Crippen molar-refractivity contribution in [3.05, 3.63) is 68.6 Å². The fourth-order valence-electron chi connectivity index (χ4n) is 2.52. The molecule has 4 rings (SSSR count). The number of nitrogens with zero attached hydrogens (tertiary/aromatic N) is 3. The first-order chi connectivity index (χ1) is 13.6. The first-order valence-electron chi connectivity index (χ1n) is 8.51. The van der Waals surface area contributed by atoms with Crippen molar-refractivity contribution in [2.24, 2.45) is 0 Å². The van der Waals surface area contributed by atoms with Crippen LogP contribution < -0.4 is 5.32 Å². The Morgan fingerprint density at radius 2 is 2.04 bits per heavy atom. The van der Waals surface area contributed by atoms with E-state index in [-0.39, 0.29) is 5.91 Å². The number of carbonyl (C=O) groups is 1. The van der Waals surface area contributed by atoms with E-state index in [4.69, 9.17) is 11.6 Å². The number of aryl methyl sites for hydroxylation is 1. The quantitative estimate of drug-likeness (QED) is 0.437. The standard InChI is InChI=1S/C19H16ClN5OS2/c1-11-2-4-12(5-3-11)9-21-17(26)18-25-24-16(28-18)10-27-19-22-14-7-6-13(20)8-15(14)23-19/h2-8H,9-10H2,1H3,(H,21,26)(H,22,23). The van der Waals surface area contributed by atoms with Gasteiger partial charge in [0.15, 0.2) is 5.16 Å². The zero-order valence-corrected chi connectivity index (χ0v) is 17.3. The second-order valence-electron chi connectivity index (χ2n) is 6.16. The fourth-order valence-corrected chi connectivity index (χ4v) is 4.32. The number of H-pyrrole nitrogens is 1. The number of imidazole rings is 1. The Bertz CT molecular complexity index is 1120. The summed E-state index contributed by atoms with van der Waals surface area (Å²) in [6.45, 7) is 2.49. The van der Waals surface area contributed by atoms with Crippen LogP contribution in [0, 0.1) is 6.92 Å². The average Bonchev–Trinajstić information content (AvgIpc) is 3.32. The van der Waals surface area contributed by atoms with E-state index in [0.717, 1.165) is 26.8 Å². The van der Waals surface area contributed by atoms with Gasteiger partial charge in [-0.3, -0.25) is 4.79 Å². The molecule has 9 heteroatoms. The highest BCUT2D eigenvalue weighted by molar-refractivity contribution is 7.98. The minimum absolute atomic E-state index is 0.215. The molecule has 0 bridgehead atoms. The molecule has 0 saturated carbocycles. The van der Waals surface area contributed by atoms with Gasteiger partial charge in [0.2, 0.25) is 5.01 Å². The number of nitrogens with one attached hydrogen (secondary N) is 2. The molecule has 2 heterocycles. The van der Waals surface area contributed by atoms with Crippen LogP contribution in [0.3, 0.4) is 0 Å². The molecule has 2 aromatic carbocycles. The Balaban J connectivity index is 1.34. The van der Waals surface area contributed by atoms with Gasteiger partial charge >= 0.3 is 0 Å². The van der Waals surface area contributed by atoms with Gasteiger partial charge in [-0.2, -0.15) is 0 Å². The van der Waals surface area contributed by atoms with Crippen LogP contribution in [0.2, 0.25) is 5.02 Å². The monoisotopic (exact) mass is 429 g/mol. The van der Waals surface area contributed by atoms with Crippen LogP contribution in [0.1, 0.15) is 25.9 Å². The predicted molar refractivity (Wildman–Crippen MR) is 113 cm³/mol. The van der Waals surface area contributed by atoms with Crippen LogP contribution in [-0.4, -0.2) is 26.1 Å². The molecule has 0 aliphatic carbocycles. The van der Waals surface area contributed by atoms with E-state index in [1.165, 1.54) is 28.7 Å². The van der Waals surface area contributed by atoms with Crippen molar-refractivity contribution in [2.45, 2.75) is 24.4 Å². The topological polar surface area (TPSA) is 83.6 Å². The third kappa shape index (κ3) is 4.52. The molecular weight excluding hydrogens is 414 g/mol. The van der Waals surface area contributed by atoms with E-state index in [2.05, 4.69) is 25.5 Å². The summed E-state index contributed by atoms with van der Waals surface area (Å²) in [5, 5.41) is 13.6. The van der Waals surface area contributed by atoms with Gasteiger partial charge in [0, 0.05) is 11.6 Å². The molecule has 0 spiro atoms. The van der Waals surface area contributed by atoms with Crippen LogP contribution in [0.25, 0.3) is 11.0 Å². The summed E-state index contributed by atoms with van der Waals surface area (Å²) in [6.07, 6.45) is 0. The second-order valence-corrected chi connectivity index (χ2v) is 8.62. The van der Waals surface area contributed by atoms with E-state index in [9.17, 15) is 4.79 Å². The molecule has 6 nitrogen and oxygen atoms in total.